The molecule has 2 aromatic rings. The Labute approximate surface area is 263 Å². The summed E-state index contributed by atoms with van der Waals surface area (Å²) in [6, 6.07) is 22.6. The fourth-order valence-electron chi connectivity index (χ4n) is 9.85. The maximum absolute atomic E-state index is 8.10. The van der Waals surface area contributed by atoms with Crippen molar-refractivity contribution in [2.24, 2.45) is 0 Å². The molecule has 0 fully saturated rings. The van der Waals surface area contributed by atoms with Crippen molar-refractivity contribution in [1.29, 1.82) is 0 Å². The van der Waals surface area contributed by atoms with E-state index in [1.165, 1.54) is 114 Å². The van der Waals surface area contributed by atoms with Crippen molar-refractivity contribution in [2.45, 2.75) is 141 Å². The van der Waals surface area contributed by atoms with Gasteiger partial charge >= 0.3 is 14.1 Å². The number of nitrogens with zero attached hydrogens (tertiary/aromatic N) is 2. The van der Waals surface area contributed by atoms with Crippen LogP contribution >= 0.6 is 0 Å². The SMILES string of the molecule is CCCC1(CCC)B(OB2N(c3ccccc3)C3=C(CCCC3)C2(CCC)CCC)N(c2ccccc2)C2=C1CCCC2. The molecule has 0 spiro atoms. The van der Waals surface area contributed by atoms with Crippen LogP contribution in [0.5, 0.6) is 0 Å². The van der Waals surface area contributed by atoms with Crippen LogP contribution in [-0.4, -0.2) is 14.1 Å². The molecule has 0 N–H and O–H groups in total. The highest BCUT2D eigenvalue weighted by Gasteiger charge is 2.63. The van der Waals surface area contributed by atoms with Gasteiger partial charge in [0.25, 0.3) is 0 Å². The van der Waals surface area contributed by atoms with E-state index in [1.54, 1.807) is 22.5 Å². The summed E-state index contributed by atoms with van der Waals surface area (Å²) in [5.74, 6) is 0. The number of para-hydroxylation sites is 2. The highest BCUT2D eigenvalue weighted by molar-refractivity contribution is 6.76. The molecule has 2 heterocycles. The molecule has 0 aromatic heterocycles. The molecule has 43 heavy (non-hydrogen) atoms. The first-order chi connectivity index (χ1) is 21.1. The number of anilines is 2. The predicted octanol–water partition coefficient (Wildman–Crippen LogP) is 11.4. The number of benzene rings is 2. The summed E-state index contributed by atoms with van der Waals surface area (Å²) in [5, 5.41) is 0.120. The molecule has 3 nitrogen and oxygen atoms in total. The van der Waals surface area contributed by atoms with Gasteiger partial charge in [0.2, 0.25) is 0 Å². The highest BCUT2D eigenvalue weighted by atomic mass is 16.4. The average molecular weight is 576 g/mol. The average Bonchev–Trinajstić information content (AvgIpc) is 3.46. The quantitative estimate of drug-likeness (QED) is 0.234. The molecule has 228 valence electrons. The second-order valence-corrected chi connectivity index (χ2v) is 13.8. The minimum Gasteiger partial charge on any atom is -0.460 e. The van der Waals surface area contributed by atoms with Gasteiger partial charge in [0.1, 0.15) is 0 Å². The Kier molecular flexibility index (Phi) is 9.48. The van der Waals surface area contributed by atoms with E-state index in [-0.39, 0.29) is 24.7 Å². The second-order valence-electron chi connectivity index (χ2n) is 13.8. The van der Waals surface area contributed by atoms with Gasteiger partial charge in [-0.05, 0) is 112 Å². The first-order valence-corrected chi connectivity index (χ1v) is 17.9. The molecule has 0 radical (unpaired) electrons. The summed E-state index contributed by atoms with van der Waals surface area (Å²) in [7, 11) is 0.0344. The van der Waals surface area contributed by atoms with Crippen molar-refractivity contribution >= 4 is 25.5 Å². The smallest absolute Gasteiger partial charge is 0.417 e. The summed E-state index contributed by atoms with van der Waals surface area (Å²) in [4.78, 5) is 5.42. The van der Waals surface area contributed by atoms with E-state index in [0.29, 0.717) is 0 Å². The molecule has 0 atom stereocenters. The van der Waals surface area contributed by atoms with Crippen LogP contribution in [0.4, 0.5) is 11.4 Å². The van der Waals surface area contributed by atoms with Crippen LogP contribution in [0.1, 0.15) is 130 Å². The van der Waals surface area contributed by atoms with Crippen molar-refractivity contribution < 1.29 is 4.57 Å². The lowest BCUT2D eigenvalue weighted by molar-refractivity contribution is 0.405. The molecule has 2 aliphatic carbocycles. The zero-order chi connectivity index (χ0) is 29.9. The topological polar surface area (TPSA) is 15.7 Å². The standard InChI is InChI=1S/C38H54B2N2O/c1-5-27-37(28-6-2)33-23-15-17-25-35(33)41(31-19-11-9-12-20-31)39(37)43-40-38(29-7-3,30-8-4)34-24-16-18-26-36(34)42(40)32-21-13-10-14-22-32/h9-14,19-22H,5-8,15-18,23-30H2,1-4H3. The lowest BCUT2D eigenvalue weighted by Gasteiger charge is -2.44. The first-order valence-electron chi connectivity index (χ1n) is 17.9. The minimum atomic E-state index is 0.0172. The number of hydrogen-bond acceptors (Lipinski definition) is 3. The Morgan fingerprint density at radius 3 is 1.23 bits per heavy atom. The molecule has 0 unspecified atom stereocenters. The van der Waals surface area contributed by atoms with Crippen LogP contribution in [0.3, 0.4) is 0 Å². The number of rotatable bonds is 12. The van der Waals surface area contributed by atoms with Gasteiger partial charge in [0.15, 0.2) is 0 Å². The van der Waals surface area contributed by atoms with Crippen molar-refractivity contribution in [3.63, 3.8) is 0 Å². The van der Waals surface area contributed by atoms with Gasteiger partial charge in [-0.15, -0.1) is 0 Å². The summed E-state index contributed by atoms with van der Waals surface area (Å²) < 4.78 is 8.10. The van der Waals surface area contributed by atoms with Gasteiger partial charge in [0, 0.05) is 33.4 Å². The maximum atomic E-state index is 8.10. The molecule has 2 aromatic carbocycles. The van der Waals surface area contributed by atoms with E-state index in [2.05, 4.69) is 98.0 Å². The van der Waals surface area contributed by atoms with Crippen molar-refractivity contribution in [3.8, 4) is 0 Å². The lowest BCUT2D eigenvalue weighted by Crippen LogP contribution is -2.56. The lowest BCUT2D eigenvalue weighted by atomic mass is 9.42. The van der Waals surface area contributed by atoms with Gasteiger partial charge < -0.3 is 14.2 Å². The van der Waals surface area contributed by atoms with Gasteiger partial charge in [0.05, 0.1) is 0 Å². The van der Waals surface area contributed by atoms with Crippen molar-refractivity contribution in [1.82, 2.24) is 0 Å². The molecule has 0 bridgehead atoms. The molecule has 6 rings (SSSR count). The third-order valence-corrected chi connectivity index (χ3v) is 11.2. The van der Waals surface area contributed by atoms with Crippen LogP contribution in [0, 0.1) is 0 Å². The zero-order valence-electron chi connectivity index (χ0n) is 27.5. The summed E-state index contributed by atoms with van der Waals surface area (Å²) in [5.41, 5.74) is 9.26. The van der Waals surface area contributed by atoms with Gasteiger partial charge in [-0.2, -0.15) is 0 Å². The monoisotopic (exact) mass is 576 g/mol. The van der Waals surface area contributed by atoms with Crippen LogP contribution < -0.4 is 9.62 Å². The van der Waals surface area contributed by atoms with Crippen molar-refractivity contribution in [3.05, 3.63) is 83.2 Å². The molecule has 0 saturated heterocycles. The van der Waals surface area contributed by atoms with Crippen LogP contribution in [0.25, 0.3) is 0 Å². The van der Waals surface area contributed by atoms with E-state index in [1.807, 2.05) is 0 Å². The molecule has 0 saturated carbocycles. The third kappa shape index (κ3) is 5.22. The number of hydrogen-bond donors (Lipinski definition) is 0. The maximum Gasteiger partial charge on any atom is 0.417 e. The molecule has 2 aliphatic heterocycles. The first kappa shape index (κ1) is 30.6. The van der Waals surface area contributed by atoms with Gasteiger partial charge in [-0.1, -0.05) is 89.8 Å². The van der Waals surface area contributed by atoms with Crippen molar-refractivity contribution in [2.75, 3.05) is 9.62 Å². The molecular weight excluding hydrogens is 522 g/mol. The molecule has 4 aliphatic rings. The predicted molar refractivity (Wildman–Crippen MR) is 186 cm³/mol. The minimum absolute atomic E-state index is 0.0172. The zero-order valence-corrected chi connectivity index (χ0v) is 27.5. The Morgan fingerprint density at radius 2 is 0.884 bits per heavy atom. The summed E-state index contributed by atoms with van der Waals surface area (Å²) in [6.07, 6.45) is 19.6. The van der Waals surface area contributed by atoms with E-state index in [4.69, 9.17) is 4.57 Å². The molecular formula is C38H54B2N2O. The van der Waals surface area contributed by atoms with Crippen LogP contribution in [0.15, 0.2) is 83.2 Å². The second kappa shape index (κ2) is 13.3. The Bertz CT molecular complexity index is 1180. The van der Waals surface area contributed by atoms with Gasteiger partial charge in [-0.3, -0.25) is 0 Å². The Balaban J connectivity index is 1.55. The van der Waals surface area contributed by atoms with Gasteiger partial charge in [-0.25, -0.2) is 0 Å². The summed E-state index contributed by atoms with van der Waals surface area (Å²) in [6.45, 7) is 9.58. The van der Waals surface area contributed by atoms with E-state index in [0.717, 1.165) is 0 Å². The normalized spacial score (nSPS) is 21.1. The van der Waals surface area contributed by atoms with Crippen LogP contribution in [0.2, 0.25) is 10.6 Å². The third-order valence-electron chi connectivity index (χ3n) is 11.2. The highest BCUT2D eigenvalue weighted by Crippen LogP contribution is 2.64. The fourth-order valence-corrected chi connectivity index (χ4v) is 9.85. The molecule has 5 heteroatoms. The number of allylic oxidation sites excluding steroid dienone is 4. The fraction of sp³-hybridized carbons (Fsp3) is 0.579. The Hall–Kier alpha value is -2.39. The van der Waals surface area contributed by atoms with E-state index in [9.17, 15) is 0 Å². The largest absolute Gasteiger partial charge is 0.460 e. The Morgan fingerprint density at radius 1 is 0.535 bits per heavy atom. The molecule has 0 amide bonds. The summed E-state index contributed by atoms with van der Waals surface area (Å²) >= 11 is 0. The van der Waals surface area contributed by atoms with E-state index < -0.39 is 0 Å². The van der Waals surface area contributed by atoms with E-state index >= 15 is 0 Å². The van der Waals surface area contributed by atoms with Crippen LogP contribution in [-0.2, 0) is 4.57 Å².